The summed E-state index contributed by atoms with van der Waals surface area (Å²) in [5.41, 5.74) is 1.11. The van der Waals surface area contributed by atoms with Gasteiger partial charge in [0.2, 0.25) is 5.91 Å². The second-order valence-corrected chi connectivity index (χ2v) is 7.21. The normalized spacial score (nSPS) is 18.4. The molecule has 2 heterocycles. The maximum atomic E-state index is 12.4. The summed E-state index contributed by atoms with van der Waals surface area (Å²) in [5, 5.41) is 4.02. The number of likely N-dealkylation sites (tertiary alicyclic amines) is 1. The van der Waals surface area contributed by atoms with Crippen LogP contribution in [0.1, 0.15) is 38.3 Å². The van der Waals surface area contributed by atoms with Crippen molar-refractivity contribution in [3.05, 3.63) is 23.0 Å². The minimum atomic E-state index is 0.229. The molecule has 1 amide bonds. The minimum Gasteiger partial charge on any atom is -0.356 e. The number of guanidine groups is 1. The van der Waals surface area contributed by atoms with Gasteiger partial charge in [-0.1, -0.05) is 11.6 Å². The minimum absolute atomic E-state index is 0.229. The highest BCUT2D eigenvalue weighted by molar-refractivity contribution is 6.30. The molecule has 1 saturated heterocycles. The predicted molar refractivity (Wildman–Crippen MR) is 103 cm³/mol. The topological polar surface area (TPSA) is 52.9 Å². The molecule has 1 aromatic rings. The highest BCUT2D eigenvalue weighted by atomic mass is 35.5. The van der Waals surface area contributed by atoms with Gasteiger partial charge in [0.15, 0.2) is 5.96 Å². The molecule has 1 fully saturated rings. The Morgan fingerprint density at radius 1 is 1.48 bits per heavy atom. The average Bonchev–Trinajstić information content (AvgIpc) is 2.89. The summed E-state index contributed by atoms with van der Waals surface area (Å²) in [7, 11) is 5.71. The van der Waals surface area contributed by atoms with Crippen molar-refractivity contribution in [2.75, 3.05) is 27.2 Å². The molecule has 1 aliphatic heterocycles. The third-order valence-corrected chi connectivity index (χ3v) is 5.00. The third kappa shape index (κ3) is 5.39. The van der Waals surface area contributed by atoms with Crippen LogP contribution in [0.15, 0.2) is 17.3 Å². The molecule has 0 aromatic carbocycles. The number of rotatable bonds is 5. The number of carbonyl (C=O) groups excluding carboxylic acids is 1. The zero-order valence-corrected chi connectivity index (χ0v) is 16.5. The Kier molecular flexibility index (Phi) is 7.17. The fourth-order valence-electron chi connectivity index (χ4n) is 3.32. The van der Waals surface area contributed by atoms with E-state index in [-0.39, 0.29) is 5.91 Å². The Bertz CT molecular complexity index is 613. The van der Waals surface area contributed by atoms with Crippen LogP contribution in [-0.2, 0) is 18.4 Å². The zero-order chi connectivity index (χ0) is 18.4. The molecule has 0 bridgehead atoms. The lowest BCUT2D eigenvalue weighted by Crippen LogP contribution is -2.44. The molecule has 1 N–H and O–H groups in total. The molecule has 25 heavy (non-hydrogen) atoms. The van der Waals surface area contributed by atoms with Crippen LogP contribution < -0.4 is 5.32 Å². The van der Waals surface area contributed by atoms with Gasteiger partial charge < -0.3 is 19.7 Å². The maximum absolute atomic E-state index is 12.4. The van der Waals surface area contributed by atoms with Crippen LogP contribution in [0.2, 0.25) is 5.02 Å². The first-order valence-electron chi connectivity index (χ1n) is 8.94. The molecule has 1 aromatic heterocycles. The van der Waals surface area contributed by atoms with Crippen molar-refractivity contribution in [1.82, 2.24) is 19.7 Å². The van der Waals surface area contributed by atoms with Gasteiger partial charge in [-0.25, -0.2) is 0 Å². The molecule has 0 radical (unpaired) electrons. The van der Waals surface area contributed by atoms with E-state index in [1.165, 1.54) is 6.42 Å². The lowest BCUT2D eigenvalue weighted by atomic mass is 10.0. The van der Waals surface area contributed by atoms with Crippen LogP contribution in [0.3, 0.4) is 0 Å². The van der Waals surface area contributed by atoms with Crippen molar-refractivity contribution >= 4 is 23.5 Å². The summed E-state index contributed by atoms with van der Waals surface area (Å²) in [6.07, 6.45) is 5.84. The standard InChI is InChI=1S/C18H30ClN5O/c1-14-7-5-6-10-24(14)17(25)8-9-21-18(20-2)23(4)13-16-11-15(19)12-22(16)3/h11-12,14H,5-10,13H2,1-4H3,(H,20,21). The Morgan fingerprint density at radius 2 is 2.24 bits per heavy atom. The maximum Gasteiger partial charge on any atom is 0.224 e. The van der Waals surface area contributed by atoms with Crippen molar-refractivity contribution < 1.29 is 4.79 Å². The lowest BCUT2D eigenvalue weighted by molar-refractivity contribution is -0.134. The molecule has 1 aliphatic rings. The molecule has 2 rings (SSSR count). The summed E-state index contributed by atoms with van der Waals surface area (Å²) in [5.74, 6) is 1.00. The number of halogens is 1. The summed E-state index contributed by atoms with van der Waals surface area (Å²) in [6.45, 7) is 4.32. The summed E-state index contributed by atoms with van der Waals surface area (Å²) < 4.78 is 2.01. The van der Waals surface area contributed by atoms with E-state index in [9.17, 15) is 4.79 Å². The Morgan fingerprint density at radius 3 is 2.84 bits per heavy atom. The van der Waals surface area contributed by atoms with Gasteiger partial charge in [0.25, 0.3) is 0 Å². The highest BCUT2D eigenvalue weighted by Crippen LogP contribution is 2.17. The van der Waals surface area contributed by atoms with Gasteiger partial charge >= 0.3 is 0 Å². The van der Waals surface area contributed by atoms with Crippen LogP contribution in [0.25, 0.3) is 0 Å². The molecule has 140 valence electrons. The molecule has 0 aliphatic carbocycles. The SMILES string of the molecule is CN=C(NCCC(=O)N1CCCCC1C)N(C)Cc1cc(Cl)cn1C. The van der Waals surface area contributed by atoms with Crippen LogP contribution in [0, 0.1) is 0 Å². The second kappa shape index (κ2) is 9.13. The van der Waals surface area contributed by atoms with Gasteiger partial charge in [-0.15, -0.1) is 0 Å². The van der Waals surface area contributed by atoms with E-state index in [1.54, 1.807) is 7.05 Å². The van der Waals surface area contributed by atoms with E-state index >= 15 is 0 Å². The molecule has 6 nitrogen and oxygen atoms in total. The summed E-state index contributed by atoms with van der Waals surface area (Å²) in [4.78, 5) is 20.8. The van der Waals surface area contributed by atoms with Crippen molar-refractivity contribution in [1.29, 1.82) is 0 Å². The Labute approximate surface area is 155 Å². The first-order chi connectivity index (χ1) is 11.9. The van der Waals surface area contributed by atoms with E-state index in [0.29, 0.717) is 25.6 Å². The van der Waals surface area contributed by atoms with Crippen molar-refractivity contribution in [2.24, 2.45) is 12.0 Å². The fraction of sp³-hybridized carbons (Fsp3) is 0.667. The number of nitrogens with zero attached hydrogens (tertiary/aromatic N) is 4. The summed E-state index contributed by atoms with van der Waals surface area (Å²) in [6, 6.07) is 2.32. The first kappa shape index (κ1) is 19.6. The first-order valence-corrected chi connectivity index (χ1v) is 9.32. The molecule has 0 saturated carbocycles. The van der Waals surface area contributed by atoms with Gasteiger partial charge in [-0.05, 0) is 32.3 Å². The Balaban J connectivity index is 1.81. The number of hydrogen-bond donors (Lipinski definition) is 1. The lowest BCUT2D eigenvalue weighted by Gasteiger charge is -2.33. The van der Waals surface area contributed by atoms with Crippen LogP contribution >= 0.6 is 11.6 Å². The number of piperidine rings is 1. The fourth-order valence-corrected chi connectivity index (χ4v) is 3.59. The van der Waals surface area contributed by atoms with Gasteiger partial charge in [0.1, 0.15) is 0 Å². The van der Waals surface area contributed by atoms with E-state index < -0.39 is 0 Å². The second-order valence-electron chi connectivity index (χ2n) is 6.77. The highest BCUT2D eigenvalue weighted by Gasteiger charge is 2.22. The average molecular weight is 368 g/mol. The van der Waals surface area contributed by atoms with Crippen molar-refractivity contribution in [2.45, 2.75) is 45.2 Å². The number of nitrogens with one attached hydrogen (secondary N) is 1. The zero-order valence-electron chi connectivity index (χ0n) is 15.8. The van der Waals surface area contributed by atoms with Crippen molar-refractivity contribution in [3.8, 4) is 0 Å². The van der Waals surface area contributed by atoms with Gasteiger partial charge in [-0.2, -0.15) is 0 Å². The predicted octanol–water partition coefficient (Wildman–Crippen LogP) is 2.48. The van der Waals surface area contributed by atoms with Gasteiger partial charge in [-0.3, -0.25) is 9.79 Å². The van der Waals surface area contributed by atoms with Crippen LogP contribution in [0.5, 0.6) is 0 Å². The number of aromatic nitrogens is 1. The summed E-state index contributed by atoms with van der Waals surface area (Å²) >= 11 is 6.04. The van der Waals surface area contributed by atoms with E-state index in [2.05, 4.69) is 17.2 Å². The molecule has 7 heteroatoms. The molecule has 0 spiro atoms. The third-order valence-electron chi connectivity index (χ3n) is 4.79. The van der Waals surface area contributed by atoms with E-state index in [0.717, 1.165) is 36.1 Å². The smallest absolute Gasteiger partial charge is 0.224 e. The number of carbonyl (C=O) groups is 1. The number of amides is 1. The van der Waals surface area contributed by atoms with Gasteiger partial charge in [0.05, 0.1) is 11.6 Å². The van der Waals surface area contributed by atoms with Gasteiger partial charge in [0, 0.05) is 58.6 Å². The number of hydrogen-bond acceptors (Lipinski definition) is 2. The van der Waals surface area contributed by atoms with Crippen molar-refractivity contribution in [3.63, 3.8) is 0 Å². The monoisotopic (exact) mass is 367 g/mol. The van der Waals surface area contributed by atoms with Crippen LogP contribution in [0.4, 0.5) is 0 Å². The number of aryl methyl sites for hydroxylation is 1. The molecular weight excluding hydrogens is 338 g/mol. The molecule has 1 unspecified atom stereocenters. The van der Waals surface area contributed by atoms with E-state index in [4.69, 9.17) is 11.6 Å². The molecule has 1 atom stereocenters. The Hall–Kier alpha value is -1.69. The molecular formula is C18H30ClN5O. The van der Waals surface area contributed by atoms with E-state index in [1.807, 2.05) is 40.7 Å². The van der Waals surface area contributed by atoms with Crippen LogP contribution in [-0.4, -0.2) is 59.5 Å². The quantitative estimate of drug-likeness (QED) is 0.642. The largest absolute Gasteiger partial charge is 0.356 e. The number of aliphatic imine (C=N–C) groups is 1.